The first kappa shape index (κ1) is 13.3. The van der Waals surface area contributed by atoms with Gasteiger partial charge in [0.15, 0.2) is 0 Å². The number of nitrogens with zero attached hydrogens (tertiary/aromatic N) is 1. The van der Waals surface area contributed by atoms with Crippen molar-refractivity contribution in [1.82, 2.24) is 4.90 Å². The van der Waals surface area contributed by atoms with Gasteiger partial charge < -0.3 is 15.4 Å². The van der Waals surface area contributed by atoms with E-state index in [1.54, 1.807) is 0 Å². The van der Waals surface area contributed by atoms with E-state index in [1.807, 2.05) is 0 Å². The van der Waals surface area contributed by atoms with Crippen LogP contribution in [0.4, 0.5) is 0 Å². The third-order valence-electron chi connectivity index (χ3n) is 4.46. The molecule has 0 atom stereocenters. The number of ether oxygens (including phenoxy) is 1. The SMILES string of the molecule is CCOC[C@H]1CC[C@@H](N2CCC(N)CC2)CC1. The molecule has 1 aliphatic heterocycles. The molecule has 0 aromatic rings. The maximum atomic E-state index is 5.96. The fourth-order valence-corrected chi connectivity index (χ4v) is 3.25. The van der Waals surface area contributed by atoms with E-state index in [0.717, 1.165) is 25.2 Å². The summed E-state index contributed by atoms with van der Waals surface area (Å²) in [4.78, 5) is 2.68. The molecule has 100 valence electrons. The van der Waals surface area contributed by atoms with Crippen LogP contribution in [0.5, 0.6) is 0 Å². The van der Waals surface area contributed by atoms with Crippen LogP contribution in [0.2, 0.25) is 0 Å². The van der Waals surface area contributed by atoms with Crippen LogP contribution >= 0.6 is 0 Å². The first-order chi connectivity index (χ1) is 8.29. The van der Waals surface area contributed by atoms with Crippen LogP contribution in [0.3, 0.4) is 0 Å². The van der Waals surface area contributed by atoms with Crippen LogP contribution < -0.4 is 5.73 Å². The van der Waals surface area contributed by atoms with Crippen molar-refractivity contribution in [3.8, 4) is 0 Å². The summed E-state index contributed by atoms with van der Waals surface area (Å²) in [7, 11) is 0. The molecule has 3 heteroatoms. The average molecular weight is 240 g/mol. The average Bonchev–Trinajstić information content (AvgIpc) is 2.38. The minimum Gasteiger partial charge on any atom is -0.381 e. The van der Waals surface area contributed by atoms with Gasteiger partial charge in [-0.3, -0.25) is 0 Å². The Morgan fingerprint density at radius 3 is 2.29 bits per heavy atom. The number of rotatable bonds is 4. The summed E-state index contributed by atoms with van der Waals surface area (Å²) < 4.78 is 5.54. The molecule has 0 bridgehead atoms. The van der Waals surface area contributed by atoms with E-state index in [9.17, 15) is 0 Å². The third-order valence-corrected chi connectivity index (χ3v) is 4.46. The van der Waals surface area contributed by atoms with Crippen molar-refractivity contribution in [2.45, 2.75) is 57.5 Å². The Labute approximate surface area is 106 Å². The Hall–Kier alpha value is -0.120. The smallest absolute Gasteiger partial charge is 0.0494 e. The second-order valence-electron chi connectivity index (χ2n) is 5.71. The highest BCUT2D eigenvalue weighted by atomic mass is 16.5. The normalized spacial score (nSPS) is 32.8. The van der Waals surface area contributed by atoms with Crippen LogP contribution in [0, 0.1) is 5.92 Å². The third kappa shape index (κ3) is 3.94. The molecule has 0 aromatic heterocycles. The second kappa shape index (κ2) is 6.72. The molecular formula is C14H28N2O. The van der Waals surface area contributed by atoms with Gasteiger partial charge in [0.1, 0.15) is 0 Å². The molecule has 2 aliphatic rings. The number of piperidine rings is 1. The minimum absolute atomic E-state index is 0.459. The second-order valence-corrected chi connectivity index (χ2v) is 5.71. The van der Waals surface area contributed by atoms with Crippen molar-refractivity contribution in [3.05, 3.63) is 0 Å². The van der Waals surface area contributed by atoms with Gasteiger partial charge >= 0.3 is 0 Å². The van der Waals surface area contributed by atoms with Crippen LogP contribution in [0.25, 0.3) is 0 Å². The van der Waals surface area contributed by atoms with E-state index in [4.69, 9.17) is 10.5 Å². The molecule has 2 fully saturated rings. The summed E-state index contributed by atoms with van der Waals surface area (Å²) in [5.74, 6) is 0.818. The summed E-state index contributed by atoms with van der Waals surface area (Å²) >= 11 is 0. The van der Waals surface area contributed by atoms with Gasteiger partial charge in [-0.05, 0) is 64.5 Å². The zero-order chi connectivity index (χ0) is 12.1. The molecule has 0 spiro atoms. The molecule has 1 aliphatic carbocycles. The van der Waals surface area contributed by atoms with Crippen molar-refractivity contribution in [2.24, 2.45) is 11.7 Å². The van der Waals surface area contributed by atoms with Crippen LogP contribution in [-0.2, 0) is 4.74 Å². The van der Waals surface area contributed by atoms with Gasteiger partial charge in [0.2, 0.25) is 0 Å². The lowest BCUT2D eigenvalue weighted by Crippen LogP contribution is -2.46. The van der Waals surface area contributed by atoms with Gasteiger partial charge in [0.25, 0.3) is 0 Å². The summed E-state index contributed by atoms with van der Waals surface area (Å²) in [5, 5.41) is 0. The Morgan fingerprint density at radius 1 is 1.06 bits per heavy atom. The highest BCUT2D eigenvalue weighted by molar-refractivity contribution is 4.83. The van der Waals surface area contributed by atoms with E-state index in [-0.39, 0.29) is 0 Å². The summed E-state index contributed by atoms with van der Waals surface area (Å²) in [5.41, 5.74) is 5.96. The Morgan fingerprint density at radius 2 is 1.71 bits per heavy atom. The number of likely N-dealkylation sites (tertiary alicyclic amines) is 1. The van der Waals surface area contributed by atoms with E-state index in [0.29, 0.717) is 6.04 Å². The van der Waals surface area contributed by atoms with Crippen LogP contribution in [0.1, 0.15) is 45.4 Å². The largest absolute Gasteiger partial charge is 0.381 e. The Bertz CT molecular complexity index is 206. The van der Waals surface area contributed by atoms with Crippen LogP contribution in [-0.4, -0.2) is 43.3 Å². The summed E-state index contributed by atoms with van der Waals surface area (Å²) in [6.45, 7) is 6.38. The van der Waals surface area contributed by atoms with Crippen molar-refractivity contribution in [2.75, 3.05) is 26.3 Å². The van der Waals surface area contributed by atoms with Gasteiger partial charge in [0, 0.05) is 25.3 Å². The maximum absolute atomic E-state index is 5.96. The molecule has 0 aromatic carbocycles. The molecule has 0 radical (unpaired) electrons. The van der Waals surface area contributed by atoms with Crippen LogP contribution in [0.15, 0.2) is 0 Å². The highest BCUT2D eigenvalue weighted by Gasteiger charge is 2.27. The first-order valence-electron chi connectivity index (χ1n) is 7.37. The minimum atomic E-state index is 0.459. The highest BCUT2D eigenvalue weighted by Crippen LogP contribution is 2.29. The summed E-state index contributed by atoms with van der Waals surface area (Å²) in [6.07, 6.45) is 7.83. The maximum Gasteiger partial charge on any atom is 0.0494 e. The zero-order valence-corrected chi connectivity index (χ0v) is 11.2. The predicted octanol–water partition coefficient (Wildman–Crippen LogP) is 2.00. The van der Waals surface area contributed by atoms with E-state index in [1.165, 1.54) is 51.6 Å². The summed E-state index contributed by atoms with van der Waals surface area (Å²) in [6, 6.07) is 1.29. The quantitative estimate of drug-likeness (QED) is 0.817. The fourth-order valence-electron chi connectivity index (χ4n) is 3.25. The van der Waals surface area contributed by atoms with E-state index < -0.39 is 0 Å². The topological polar surface area (TPSA) is 38.5 Å². The molecule has 17 heavy (non-hydrogen) atoms. The predicted molar refractivity (Wildman–Crippen MR) is 71.0 cm³/mol. The van der Waals surface area contributed by atoms with E-state index >= 15 is 0 Å². The molecule has 1 heterocycles. The van der Waals surface area contributed by atoms with Gasteiger partial charge in [0.05, 0.1) is 0 Å². The zero-order valence-electron chi connectivity index (χ0n) is 11.2. The van der Waals surface area contributed by atoms with E-state index in [2.05, 4.69) is 11.8 Å². The lowest BCUT2D eigenvalue weighted by molar-refractivity contribution is 0.0620. The molecule has 0 amide bonds. The molecular weight excluding hydrogens is 212 g/mol. The number of hydrogen-bond acceptors (Lipinski definition) is 3. The molecule has 1 saturated carbocycles. The number of nitrogens with two attached hydrogens (primary N) is 1. The molecule has 0 unspecified atom stereocenters. The first-order valence-corrected chi connectivity index (χ1v) is 7.37. The van der Waals surface area contributed by atoms with Gasteiger partial charge in [-0.25, -0.2) is 0 Å². The van der Waals surface area contributed by atoms with Crippen molar-refractivity contribution >= 4 is 0 Å². The molecule has 3 nitrogen and oxygen atoms in total. The van der Waals surface area contributed by atoms with Gasteiger partial charge in [-0.2, -0.15) is 0 Å². The molecule has 1 saturated heterocycles. The van der Waals surface area contributed by atoms with Gasteiger partial charge in [-0.1, -0.05) is 0 Å². The number of hydrogen-bond donors (Lipinski definition) is 1. The monoisotopic (exact) mass is 240 g/mol. The Balaban J connectivity index is 1.68. The lowest BCUT2D eigenvalue weighted by atomic mass is 9.85. The van der Waals surface area contributed by atoms with Crippen molar-refractivity contribution < 1.29 is 4.74 Å². The molecule has 2 N–H and O–H groups in total. The Kier molecular flexibility index (Phi) is 5.26. The lowest BCUT2D eigenvalue weighted by Gasteiger charge is -2.40. The molecule has 2 rings (SSSR count). The fraction of sp³-hybridized carbons (Fsp3) is 1.00. The van der Waals surface area contributed by atoms with Crippen molar-refractivity contribution in [1.29, 1.82) is 0 Å². The van der Waals surface area contributed by atoms with Gasteiger partial charge in [-0.15, -0.1) is 0 Å². The van der Waals surface area contributed by atoms with Crippen molar-refractivity contribution in [3.63, 3.8) is 0 Å². The standard InChI is InChI=1S/C14H28N2O/c1-2-17-11-12-3-5-14(6-4-12)16-9-7-13(15)8-10-16/h12-14H,2-11,15H2,1H3/t12-,14+.